The van der Waals surface area contributed by atoms with Crippen molar-refractivity contribution in [2.75, 3.05) is 12.3 Å². The van der Waals surface area contributed by atoms with Crippen molar-refractivity contribution in [3.05, 3.63) is 29.3 Å². The number of rotatable bonds is 6. The summed E-state index contributed by atoms with van der Waals surface area (Å²) in [5.41, 5.74) is 0. The van der Waals surface area contributed by atoms with Gasteiger partial charge in [-0.3, -0.25) is 0 Å². The largest absolute Gasteiger partial charge is 0.313 e. The highest BCUT2D eigenvalue weighted by Gasteiger charge is 2.26. The molecule has 17 heavy (non-hydrogen) atoms. The van der Waals surface area contributed by atoms with E-state index in [1.165, 1.54) is 29.9 Å². The molecule has 0 aliphatic heterocycles. The second-order valence-electron chi connectivity index (χ2n) is 4.62. The van der Waals surface area contributed by atoms with Gasteiger partial charge < -0.3 is 5.32 Å². The molecule has 0 heterocycles. The van der Waals surface area contributed by atoms with E-state index < -0.39 is 0 Å². The first kappa shape index (κ1) is 13.3. The van der Waals surface area contributed by atoms with Gasteiger partial charge in [0.25, 0.3) is 0 Å². The highest BCUT2D eigenvalue weighted by atomic mass is 35.5. The summed E-state index contributed by atoms with van der Waals surface area (Å²) in [5, 5.41) is 4.44. The lowest BCUT2D eigenvalue weighted by Crippen LogP contribution is -2.41. The Labute approximate surface area is 113 Å². The lowest BCUT2D eigenvalue weighted by molar-refractivity contribution is 0.246. The Morgan fingerprint density at radius 2 is 2.06 bits per heavy atom. The summed E-state index contributed by atoms with van der Waals surface area (Å²) in [6.45, 7) is 3.26. The minimum Gasteiger partial charge on any atom is -0.313 e. The van der Waals surface area contributed by atoms with Gasteiger partial charge in [-0.25, -0.2) is 0 Å². The zero-order valence-electron chi connectivity index (χ0n) is 10.3. The second kappa shape index (κ2) is 6.67. The Hall–Kier alpha value is -0.180. The minimum atomic E-state index is 0.675. The number of benzene rings is 1. The molecule has 0 bridgehead atoms. The van der Waals surface area contributed by atoms with Gasteiger partial charge in [0.05, 0.1) is 0 Å². The van der Waals surface area contributed by atoms with E-state index in [4.69, 9.17) is 11.6 Å². The van der Waals surface area contributed by atoms with Gasteiger partial charge in [0.15, 0.2) is 0 Å². The van der Waals surface area contributed by atoms with Crippen LogP contribution in [0.1, 0.15) is 26.2 Å². The minimum absolute atomic E-state index is 0.675. The van der Waals surface area contributed by atoms with Crippen LogP contribution >= 0.6 is 23.4 Å². The molecule has 94 valence electrons. The Bertz CT molecular complexity index is 335. The van der Waals surface area contributed by atoms with E-state index in [1.807, 2.05) is 23.9 Å². The molecule has 1 aliphatic rings. The summed E-state index contributed by atoms with van der Waals surface area (Å²) >= 11 is 7.82. The van der Waals surface area contributed by atoms with E-state index in [-0.39, 0.29) is 0 Å². The summed E-state index contributed by atoms with van der Waals surface area (Å²) in [6.07, 6.45) is 4.22. The van der Waals surface area contributed by atoms with Crippen LogP contribution in [-0.4, -0.2) is 18.3 Å². The Balaban J connectivity index is 1.83. The van der Waals surface area contributed by atoms with Crippen LogP contribution in [0.5, 0.6) is 0 Å². The molecule has 1 unspecified atom stereocenters. The third-order valence-corrected chi connectivity index (χ3v) is 4.81. The maximum atomic E-state index is 5.88. The number of thioether (sulfide) groups is 1. The zero-order valence-corrected chi connectivity index (χ0v) is 11.9. The van der Waals surface area contributed by atoms with E-state index in [9.17, 15) is 0 Å². The molecule has 3 heteroatoms. The van der Waals surface area contributed by atoms with Gasteiger partial charge in [-0.15, -0.1) is 11.8 Å². The van der Waals surface area contributed by atoms with E-state index in [2.05, 4.69) is 24.4 Å². The summed E-state index contributed by atoms with van der Waals surface area (Å²) in [7, 11) is 0. The molecule has 1 N–H and O–H groups in total. The van der Waals surface area contributed by atoms with E-state index in [1.54, 1.807) is 0 Å². The van der Waals surface area contributed by atoms with Gasteiger partial charge in [0, 0.05) is 21.7 Å². The van der Waals surface area contributed by atoms with Crippen LogP contribution in [0.15, 0.2) is 29.2 Å². The molecular weight excluding hydrogens is 250 g/mol. The fourth-order valence-electron chi connectivity index (χ4n) is 2.18. The van der Waals surface area contributed by atoms with Crippen LogP contribution in [0.3, 0.4) is 0 Å². The van der Waals surface area contributed by atoms with E-state index in [0.717, 1.165) is 17.5 Å². The maximum absolute atomic E-state index is 5.88. The first-order valence-electron chi connectivity index (χ1n) is 6.41. The Morgan fingerprint density at radius 1 is 1.35 bits per heavy atom. The maximum Gasteiger partial charge on any atom is 0.0406 e. The normalized spacial score (nSPS) is 17.8. The van der Waals surface area contributed by atoms with Crippen molar-refractivity contribution in [1.29, 1.82) is 0 Å². The molecule has 1 aliphatic carbocycles. The fourth-order valence-corrected chi connectivity index (χ4v) is 3.40. The van der Waals surface area contributed by atoms with Gasteiger partial charge in [-0.2, -0.15) is 0 Å². The average molecular weight is 270 g/mol. The highest BCUT2D eigenvalue weighted by molar-refractivity contribution is 7.99. The SMILES string of the molecule is CCNC(CSc1ccc(Cl)cc1)C1CCC1. The Morgan fingerprint density at radius 3 is 2.59 bits per heavy atom. The van der Waals surface area contributed by atoms with Crippen LogP contribution in [0, 0.1) is 5.92 Å². The predicted molar refractivity (Wildman–Crippen MR) is 77.0 cm³/mol. The fraction of sp³-hybridized carbons (Fsp3) is 0.571. The smallest absolute Gasteiger partial charge is 0.0406 e. The molecule has 2 rings (SSSR count). The Kier molecular flexibility index (Phi) is 5.20. The monoisotopic (exact) mass is 269 g/mol. The quantitative estimate of drug-likeness (QED) is 0.777. The van der Waals surface area contributed by atoms with Crippen molar-refractivity contribution in [1.82, 2.24) is 5.32 Å². The molecule has 0 amide bonds. The molecule has 0 radical (unpaired) electrons. The molecule has 1 nitrogen and oxygen atoms in total. The third kappa shape index (κ3) is 3.90. The topological polar surface area (TPSA) is 12.0 Å². The first-order chi connectivity index (χ1) is 8.29. The second-order valence-corrected chi connectivity index (χ2v) is 6.15. The number of hydrogen-bond donors (Lipinski definition) is 1. The van der Waals surface area contributed by atoms with Crippen molar-refractivity contribution < 1.29 is 0 Å². The molecule has 1 aromatic carbocycles. The number of nitrogens with one attached hydrogen (secondary N) is 1. The highest BCUT2D eigenvalue weighted by Crippen LogP contribution is 2.32. The number of halogens is 1. The van der Waals surface area contributed by atoms with Crippen LogP contribution < -0.4 is 5.32 Å². The molecule has 1 atom stereocenters. The summed E-state index contributed by atoms with van der Waals surface area (Å²) in [6, 6.07) is 8.83. The lowest BCUT2D eigenvalue weighted by atomic mass is 9.80. The molecule has 0 aromatic heterocycles. The standard InChI is InChI=1S/C14H20ClNS/c1-2-16-14(11-4-3-5-11)10-17-13-8-6-12(15)7-9-13/h6-9,11,14,16H,2-5,10H2,1H3. The van der Waals surface area contributed by atoms with Gasteiger partial charge in [-0.1, -0.05) is 24.9 Å². The van der Waals surface area contributed by atoms with Gasteiger partial charge in [-0.05, 0) is 49.6 Å². The van der Waals surface area contributed by atoms with E-state index >= 15 is 0 Å². The molecule has 0 saturated heterocycles. The molecule has 1 saturated carbocycles. The van der Waals surface area contributed by atoms with Crippen molar-refractivity contribution in [2.24, 2.45) is 5.92 Å². The predicted octanol–water partition coefficient (Wildman–Crippen LogP) is 4.21. The summed E-state index contributed by atoms with van der Waals surface area (Å²) < 4.78 is 0. The van der Waals surface area contributed by atoms with Gasteiger partial charge in [0.2, 0.25) is 0 Å². The van der Waals surface area contributed by atoms with Crippen molar-refractivity contribution in [2.45, 2.75) is 37.1 Å². The zero-order chi connectivity index (χ0) is 12.1. The summed E-state index contributed by atoms with van der Waals surface area (Å²) in [5.74, 6) is 2.06. The molecule has 1 aromatic rings. The molecular formula is C14H20ClNS. The van der Waals surface area contributed by atoms with Gasteiger partial charge >= 0.3 is 0 Å². The van der Waals surface area contributed by atoms with Crippen LogP contribution in [-0.2, 0) is 0 Å². The summed E-state index contributed by atoms with van der Waals surface area (Å²) in [4.78, 5) is 1.32. The lowest BCUT2D eigenvalue weighted by Gasteiger charge is -2.34. The van der Waals surface area contributed by atoms with Crippen LogP contribution in [0.4, 0.5) is 0 Å². The van der Waals surface area contributed by atoms with Crippen LogP contribution in [0.25, 0.3) is 0 Å². The van der Waals surface area contributed by atoms with Crippen molar-refractivity contribution in [3.63, 3.8) is 0 Å². The third-order valence-electron chi connectivity index (χ3n) is 3.43. The van der Waals surface area contributed by atoms with Gasteiger partial charge in [0.1, 0.15) is 0 Å². The number of hydrogen-bond acceptors (Lipinski definition) is 2. The van der Waals surface area contributed by atoms with Crippen molar-refractivity contribution in [3.8, 4) is 0 Å². The average Bonchev–Trinajstić information content (AvgIpc) is 2.26. The molecule has 0 spiro atoms. The molecule has 1 fully saturated rings. The van der Waals surface area contributed by atoms with Crippen LogP contribution in [0.2, 0.25) is 5.02 Å². The first-order valence-corrected chi connectivity index (χ1v) is 7.77. The van der Waals surface area contributed by atoms with E-state index in [0.29, 0.717) is 6.04 Å². The van der Waals surface area contributed by atoms with Crippen molar-refractivity contribution >= 4 is 23.4 Å².